The fourth-order valence-electron chi connectivity index (χ4n) is 3.31. The molecule has 1 aliphatic heterocycles. The predicted molar refractivity (Wildman–Crippen MR) is 127 cm³/mol. The van der Waals surface area contributed by atoms with Gasteiger partial charge in [0, 0.05) is 13.2 Å². The third kappa shape index (κ3) is 8.18. The first-order chi connectivity index (χ1) is 14.1. The fourth-order valence-corrected chi connectivity index (χ4v) is 4.37. The van der Waals surface area contributed by atoms with Crippen molar-refractivity contribution in [3.63, 3.8) is 0 Å². The molecule has 0 unspecified atom stereocenters. The molecule has 170 valence electrons. The van der Waals surface area contributed by atoms with Crippen LogP contribution in [0.2, 0.25) is 18.1 Å². The highest BCUT2D eigenvalue weighted by Gasteiger charge is 2.37. The lowest BCUT2D eigenvalue weighted by Crippen LogP contribution is -2.41. The molecular formula is C25H42O4Si. The quantitative estimate of drug-likeness (QED) is 0.300. The normalized spacial score (nSPS) is 20.9. The van der Waals surface area contributed by atoms with Crippen LogP contribution in [0, 0.1) is 5.92 Å². The second kappa shape index (κ2) is 11.5. The van der Waals surface area contributed by atoms with Gasteiger partial charge in [0.1, 0.15) is 5.75 Å². The Morgan fingerprint density at radius 1 is 1.17 bits per heavy atom. The van der Waals surface area contributed by atoms with E-state index in [9.17, 15) is 0 Å². The smallest absolute Gasteiger partial charge is 0.191 e. The summed E-state index contributed by atoms with van der Waals surface area (Å²) in [6.07, 6.45) is 7.86. The maximum atomic E-state index is 6.33. The highest BCUT2D eigenvalue weighted by molar-refractivity contribution is 6.74. The van der Waals surface area contributed by atoms with Crippen LogP contribution in [0.15, 0.2) is 36.4 Å². The first-order valence-electron chi connectivity index (χ1n) is 11.3. The molecule has 0 spiro atoms. The van der Waals surface area contributed by atoms with Crippen LogP contribution in [-0.4, -0.2) is 40.8 Å². The summed E-state index contributed by atoms with van der Waals surface area (Å²) in [5.41, 5.74) is 1.17. The van der Waals surface area contributed by atoms with Crippen molar-refractivity contribution in [1.82, 2.24) is 0 Å². The minimum absolute atomic E-state index is 0.168. The van der Waals surface area contributed by atoms with Gasteiger partial charge in [0.2, 0.25) is 0 Å². The molecule has 1 heterocycles. The van der Waals surface area contributed by atoms with Crippen LogP contribution < -0.4 is 4.74 Å². The maximum Gasteiger partial charge on any atom is 0.191 e. The van der Waals surface area contributed by atoms with Crippen molar-refractivity contribution >= 4 is 8.32 Å². The van der Waals surface area contributed by atoms with E-state index >= 15 is 0 Å². The Kier molecular flexibility index (Phi) is 9.60. The van der Waals surface area contributed by atoms with Crippen LogP contribution >= 0.6 is 0 Å². The van der Waals surface area contributed by atoms with E-state index in [0.29, 0.717) is 12.5 Å². The van der Waals surface area contributed by atoms with Crippen LogP contribution in [0.3, 0.4) is 0 Å². The van der Waals surface area contributed by atoms with Crippen LogP contribution in [-0.2, 0) is 20.5 Å². The molecule has 1 aromatic rings. The number of methoxy groups -OCH3 is 1. The fraction of sp³-hybridized carbons (Fsp3) is 0.680. The largest absolute Gasteiger partial charge is 0.497 e. The maximum absolute atomic E-state index is 6.33. The topological polar surface area (TPSA) is 36.9 Å². The number of hydrogen-bond acceptors (Lipinski definition) is 4. The molecule has 0 bridgehead atoms. The molecule has 1 aliphatic rings. The van der Waals surface area contributed by atoms with Gasteiger partial charge in [0.15, 0.2) is 8.32 Å². The zero-order valence-corrected chi connectivity index (χ0v) is 21.1. The molecule has 0 saturated carbocycles. The van der Waals surface area contributed by atoms with Gasteiger partial charge in [-0.15, -0.1) is 0 Å². The second-order valence-electron chi connectivity index (χ2n) is 10.1. The molecule has 1 aromatic carbocycles. The SMILES string of the molecule is COc1ccc(COC[C@H](C)C[C@@H]2CC=C[C@@H](CCO[Si](C)(C)C(C)(C)C)O2)cc1. The highest BCUT2D eigenvalue weighted by Crippen LogP contribution is 2.36. The van der Waals surface area contributed by atoms with Gasteiger partial charge in [-0.1, -0.05) is 52.0 Å². The van der Waals surface area contributed by atoms with Crippen molar-refractivity contribution in [2.24, 2.45) is 5.92 Å². The van der Waals surface area contributed by atoms with Crippen LogP contribution in [0.4, 0.5) is 0 Å². The molecule has 0 N–H and O–H groups in total. The Balaban J connectivity index is 1.67. The Morgan fingerprint density at radius 3 is 2.50 bits per heavy atom. The summed E-state index contributed by atoms with van der Waals surface area (Å²) in [5, 5.41) is 0.250. The number of rotatable bonds is 11. The molecule has 5 heteroatoms. The van der Waals surface area contributed by atoms with E-state index in [0.717, 1.165) is 38.2 Å². The molecule has 3 atom stereocenters. The third-order valence-electron chi connectivity index (χ3n) is 6.28. The van der Waals surface area contributed by atoms with Crippen molar-refractivity contribution in [3.8, 4) is 5.75 Å². The van der Waals surface area contributed by atoms with Crippen molar-refractivity contribution < 1.29 is 18.6 Å². The summed E-state index contributed by atoms with van der Waals surface area (Å²) >= 11 is 0. The minimum Gasteiger partial charge on any atom is -0.497 e. The molecule has 0 saturated heterocycles. The Morgan fingerprint density at radius 2 is 1.87 bits per heavy atom. The van der Waals surface area contributed by atoms with Crippen LogP contribution in [0.1, 0.15) is 52.5 Å². The van der Waals surface area contributed by atoms with E-state index in [-0.39, 0.29) is 17.2 Å². The van der Waals surface area contributed by atoms with E-state index in [2.05, 4.69) is 65.1 Å². The van der Waals surface area contributed by atoms with Crippen LogP contribution in [0.5, 0.6) is 5.75 Å². The summed E-state index contributed by atoms with van der Waals surface area (Å²) in [5.74, 6) is 1.34. The van der Waals surface area contributed by atoms with Gasteiger partial charge in [0.05, 0.1) is 25.9 Å². The molecular weight excluding hydrogens is 392 g/mol. The van der Waals surface area contributed by atoms with Gasteiger partial charge in [-0.25, -0.2) is 0 Å². The second-order valence-corrected chi connectivity index (χ2v) is 14.9. The number of hydrogen-bond donors (Lipinski definition) is 0. The monoisotopic (exact) mass is 434 g/mol. The summed E-state index contributed by atoms with van der Waals surface area (Å²) in [7, 11) is -0.00201. The standard InChI is InChI=1S/C25H42O4Si/c1-20(18-27-19-21-11-13-22(26-5)14-12-21)17-24-10-8-9-23(29-24)15-16-28-30(6,7)25(2,3)4/h8-9,11-14,20,23-24H,10,15-19H2,1-7H3/t20-,23+,24+/m1/s1. The summed E-state index contributed by atoms with van der Waals surface area (Å²) in [6, 6.07) is 8.04. The molecule has 0 fully saturated rings. The third-order valence-corrected chi connectivity index (χ3v) is 10.8. The molecule has 0 amide bonds. The van der Waals surface area contributed by atoms with Crippen molar-refractivity contribution in [2.45, 2.75) is 83.9 Å². The average molecular weight is 435 g/mol. The molecule has 2 rings (SSSR count). The average Bonchev–Trinajstić information content (AvgIpc) is 2.68. The highest BCUT2D eigenvalue weighted by atomic mass is 28.4. The van der Waals surface area contributed by atoms with Gasteiger partial charge < -0.3 is 18.6 Å². The van der Waals surface area contributed by atoms with E-state index in [1.54, 1.807) is 7.11 Å². The molecule has 0 aliphatic carbocycles. The van der Waals surface area contributed by atoms with Crippen molar-refractivity contribution in [1.29, 1.82) is 0 Å². The minimum atomic E-state index is -1.68. The Labute approximate surface area is 185 Å². The first kappa shape index (κ1) is 25.1. The van der Waals surface area contributed by atoms with Crippen LogP contribution in [0.25, 0.3) is 0 Å². The zero-order valence-electron chi connectivity index (χ0n) is 20.1. The van der Waals surface area contributed by atoms with Crippen molar-refractivity contribution in [2.75, 3.05) is 20.3 Å². The first-order valence-corrected chi connectivity index (χ1v) is 14.2. The Hall–Kier alpha value is -1.14. The van der Waals surface area contributed by atoms with E-state index in [4.69, 9.17) is 18.6 Å². The van der Waals surface area contributed by atoms with Gasteiger partial charge >= 0.3 is 0 Å². The lowest BCUT2D eigenvalue weighted by molar-refractivity contribution is -0.0234. The van der Waals surface area contributed by atoms with E-state index in [1.165, 1.54) is 5.56 Å². The number of ether oxygens (including phenoxy) is 3. The summed E-state index contributed by atoms with van der Waals surface area (Å²) in [6.45, 7) is 15.9. The molecule has 4 nitrogen and oxygen atoms in total. The number of benzene rings is 1. The van der Waals surface area contributed by atoms with Gasteiger partial charge in [-0.2, -0.15) is 0 Å². The summed E-state index contributed by atoms with van der Waals surface area (Å²) in [4.78, 5) is 0. The van der Waals surface area contributed by atoms with E-state index in [1.807, 2.05) is 12.1 Å². The van der Waals surface area contributed by atoms with E-state index < -0.39 is 8.32 Å². The van der Waals surface area contributed by atoms with Gasteiger partial charge in [-0.3, -0.25) is 0 Å². The Bertz CT molecular complexity index is 648. The lowest BCUT2D eigenvalue weighted by Gasteiger charge is -2.36. The lowest BCUT2D eigenvalue weighted by atomic mass is 9.99. The molecule has 0 radical (unpaired) electrons. The summed E-state index contributed by atoms with van der Waals surface area (Å²) < 4.78 is 23.8. The van der Waals surface area contributed by atoms with Crippen molar-refractivity contribution in [3.05, 3.63) is 42.0 Å². The predicted octanol–water partition coefficient (Wildman–Crippen LogP) is 6.36. The van der Waals surface area contributed by atoms with Gasteiger partial charge in [-0.05, 0) is 61.0 Å². The molecule has 0 aromatic heterocycles. The zero-order chi connectivity index (χ0) is 22.2. The molecule has 30 heavy (non-hydrogen) atoms. The van der Waals surface area contributed by atoms with Gasteiger partial charge in [0.25, 0.3) is 0 Å².